The molecule has 10 nitrogen and oxygen atoms in total. The lowest BCUT2D eigenvalue weighted by atomic mass is 10.1. The van der Waals surface area contributed by atoms with Crippen molar-refractivity contribution in [1.82, 2.24) is 26.6 Å². The lowest BCUT2D eigenvalue weighted by molar-refractivity contribution is -0.120. The molecular weight excluding hydrogens is 445 g/mol. The first-order valence-electron chi connectivity index (χ1n) is 10.3. The average Bonchev–Trinajstić information content (AvgIpc) is 2.84. The van der Waals surface area contributed by atoms with Crippen LogP contribution < -0.4 is 26.6 Å². The Labute approximate surface area is 199 Å². The number of likely N-dealkylation sites (N-methyl/N-ethyl adjacent to an activating group) is 4. The van der Waals surface area contributed by atoms with Crippen LogP contribution in [0.5, 0.6) is 0 Å². The smallest absolute Gasteiger partial charge is 0.233 e. The number of amides is 2. The van der Waals surface area contributed by atoms with Crippen LogP contribution >= 0.6 is 8.58 Å². The minimum absolute atomic E-state index is 0.0162. The molecule has 1 aromatic carbocycles. The van der Waals surface area contributed by atoms with Gasteiger partial charge in [-0.3, -0.25) is 9.59 Å². The topological polar surface area (TPSA) is 146 Å². The quantitative estimate of drug-likeness (QED) is 0.187. The van der Waals surface area contributed by atoms with Gasteiger partial charge in [0, 0.05) is 13.2 Å². The van der Waals surface area contributed by atoms with Crippen molar-refractivity contribution in [3.63, 3.8) is 0 Å². The highest BCUT2D eigenvalue weighted by Crippen LogP contribution is 2.01. The van der Waals surface area contributed by atoms with Gasteiger partial charge in [0.05, 0.1) is 25.7 Å². The molecule has 0 radical (unpaired) electrons. The Morgan fingerprint density at radius 1 is 0.909 bits per heavy atom. The summed E-state index contributed by atoms with van der Waals surface area (Å²) < 4.78 is 0. The molecule has 0 aromatic heterocycles. The van der Waals surface area contributed by atoms with Crippen LogP contribution in [0.2, 0.25) is 0 Å². The normalized spacial score (nSPS) is 10.1. The third-order valence-electron chi connectivity index (χ3n) is 3.46. The first-order valence-corrected chi connectivity index (χ1v) is 12.1. The van der Waals surface area contributed by atoms with E-state index in [0.717, 1.165) is 19.0 Å². The molecule has 2 unspecified atom stereocenters. The number of carbonyl (C=O) groups is 5. The van der Waals surface area contributed by atoms with Crippen molar-refractivity contribution >= 4 is 39.3 Å². The van der Waals surface area contributed by atoms with E-state index in [1.54, 1.807) is 28.2 Å². The molecule has 2 amide bonds. The number of hydrogen-bond acceptors (Lipinski definition) is 8. The largest absolute Gasteiger partial charge is 0.358 e. The van der Waals surface area contributed by atoms with E-state index >= 15 is 0 Å². The van der Waals surface area contributed by atoms with Crippen LogP contribution in [-0.2, 0) is 30.4 Å². The molecule has 0 heterocycles. The van der Waals surface area contributed by atoms with E-state index < -0.39 is 0 Å². The van der Waals surface area contributed by atoms with Gasteiger partial charge in [-0.05, 0) is 39.8 Å². The molecule has 1 aromatic rings. The predicted molar refractivity (Wildman–Crippen MR) is 135 cm³/mol. The first kappa shape index (κ1) is 35.1. The summed E-state index contributed by atoms with van der Waals surface area (Å²) in [5.74, 6) is -0.0227. The van der Waals surface area contributed by atoms with E-state index in [1.807, 2.05) is 37.0 Å². The summed E-state index contributed by atoms with van der Waals surface area (Å²) in [5, 5.41) is 13.2. The average molecular weight is 486 g/mol. The number of hydrogen-bond donors (Lipinski definition) is 5. The van der Waals surface area contributed by atoms with Crippen LogP contribution in [0, 0.1) is 0 Å². The van der Waals surface area contributed by atoms with Gasteiger partial charge in [-0.15, -0.1) is 8.58 Å². The highest BCUT2D eigenvalue weighted by atomic mass is 31.1. The van der Waals surface area contributed by atoms with Crippen LogP contribution in [-0.4, -0.2) is 97.4 Å². The van der Waals surface area contributed by atoms with Crippen molar-refractivity contribution in [2.75, 3.05) is 60.7 Å². The van der Waals surface area contributed by atoms with Crippen molar-refractivity contribution in [1.29, 1.82) is 0 Å². The van der Waals surface area contributed by atoms with E-state index in [1.165, 1.54) is 5.56 Å². The molecular formula is C22H40N5O5P. The van der Waals surface area contributed by atoms with Crippen molar-refractivity contribution < 1.29 is 24.0 Å². The SMILES string of the molecule is CNC(C=O)Cc1ccccc1.CNCC(=O)NC.CNCC=O.CPCC(=O)NCC=O. The van der Waals surface area contributed by atoms with Crippen molar-refractivity contribution in [2.45, 2.75) is 12.5 Å². The van der Waals surface area contributed by atoms with Gasteiger partial charge in [0.25, 0.3) is 0 Å². The highest BCUT2D eigenvalue weighted by Gasteiger charge is 2.03. The maximum absolute atomic E-state index is 10.5. The fourth-order valence-corrected chi connectivity index (χ4v) is 2.24. The summed E-state index contributed by atoms with van der Waals surface area (Å²) in [6, 6.07) is 9.91. The Bertz CT molecular complexity index is 620. The molecule has 0 saturated heterocycles. The maximum Gasteiger partial charge on any atom is 0.233 e. The molecule has 0 spiro atoms. The molecule has 188 valence electrons. The predicted octanol–water partition coefficient (Wildman–Crippen LogP) is -1.02. The van der Waals surface area contributed by atoms with Gasteiger partial charge in [-0.2, -0.15) is 0 Å². The molecule has 0 aliphatic rings. The molecule has 0 bridgehead atoms. The zero-order valence-electron chi connectivity index (χ0n) is 20.3. The molecule has 1 rings (SSSR count). The Balaban J connectivity index is -0.000000384. The van der Waals surface area contributed by atoms with Crippen molar-refractivity contribution in [2.24, 2.45) is 0 Å². The second-order valence-corrected chi connectivity index (χ2v) is 7.21. The van der Waals surface area contributed by atoms with Crippen LogP contribution in [0.4, 0.5) is 0 Å². The summed E-state index contributed by atoms with van der Waals surface area (Å²) in [4.78, 5) is 50.3. The minimum atomic E-state index is -0.0626. The number of carbonyl (C=O) groups excluding carboxylic acids is 5. The van der Waals surface area contributed by atoms with E-state index in [4.69, 9.17) is 0 Å². The number of rotatable bonds is 12. The van der Waals surface area contributed by atoms with E-state index in [2.05, 4.69) is 26.6 Å². The summed E-state index contributed by atoms with van der Waals surface area (Å²) >= 11 is 0. The standard InChI is InChI=1S/C10H13NO.C5H10NO2P.C4H10N2O.C3H7NO/c1-11-10(8-12)7-9-5-3-2-4-6-9;1-9-4-5(8)6-2-3-7;1-5-3-4(7)6-2;1-4-2-3-5/h2-6,8,10-11H,7H2,1H3;3,9H,2,4H2,1H3,(H,6,8);5H,3H2,1-2H3,(H,6,7);3-4H,2H2,1H3. The lowest BCUT2D eigenvalue weighted by Crippen LogP contribution is -2.28. The van der Waals surface area contributed by atoms with Gasteiger partial charge >= 0.3 is 0 Å². The molecule has 33 heavy (non-hydrogen) atoms. The monoisotopic (exact) mass is 485 g/mol. The third-order valence-corrected chi connectivity index (χ3v) is 4.13. The minimum Gasteiger partial charge on any atom is -0.358 e. The van der Waals surface area contributed by atoms with Gasteiger partial charge in [-0.1, -0.05) is 30.3 Å². The van der Waals surface area contributed by atoms with Crippen LogP contribution in [0.1, 0.15) is 5.56 Å². The van der Waals surface area contributed by atoms with Crippen molar-refractivity contribution in [3.8, 4) is 0 Å². The Morgan fingerprint density at radius 2 is 1.52 bits per heavy atom. The maximum atomic E-state index is 10.5. The zero-order chi connectivity index (χ0) is 25.7. The van der Waals surface area contributed by atoms with Crippen molar-refractivity contribution in [3.05, 3.63) is 35.9 Å². The van der Waals surface area contributed by atoms with Crippen LogP contribution in [0.3, 0.4) is 0 Å². The molecule has 0 saturated carbocycles. The van der Waals surface area contributed by atoms with Gasteiger partial charge < -0.3 is 41.0 Å². The summed E-state index contributed by atoms with van der Waals surface area (Å²) in [5.41, 5.74) is 1.18. The summed E-state index contributed by atoms with van der Waals surface area (Å²) in [7, 11) is 7.49. The molecule has 0 aliphatic heterocycles. The van der Waals surface area contributed by atoms with Gasteiger partial charge in [0.1, 0.15) is 18.9 Å². The number of nitrogens with one attached hydrogen (secondary N) is 5. The summed E-state index contributed by atoms with van der Waals surface area (Å²) in [6.45, 7) is 2.94. The second-order valence-electron chi connectivity index (χ2n) is 6.15. The van der Waals surface area contributed by atoms with E-state index in [-0.39, 0.29) is 24.4 Å². The Hall–Kier alpha value is -2.52. The third kappa shape index (κ3) is 29.5. The number of benzene rings is 1. The van der Waals surface area contributed by atoms with Gasteiger partial charge in [0.2, 0.25) is 11.8 Å². The molecule has 0 aliphatic carbocycles. The van der Waals surface area contributed by atoms with E-state index in [0.29, 0.717) is 34.1 Å². The lowest BCUT2D eigenvalue weighted by Gasteiger charge is -2.07. The van der Waals surface area contributed by atoms with Gasteiger partial charge in [0.15, 0.2) is 0 Å². The zero-order valence-corrected chi connectivity index (χ0v) is 21.3. The Morgan fingerprint density at radius 3 is 1.85 bits per heavy atom. The molecule has 0 fully saturated rings. The molecule has 2 atom stereocenters. The molecule has 11 heteroatoms. The van der Waals surface area contributed by atoms with E-state index in [9.17, 15) is 24.0 Å². The van der Waals surface area contributed by atoms with Gasteiger partial charge in [-0.25, -0.2) is 0 Å². The molecule has 5 N–H and O–H groups in total. The summed E-state index contributed by atoms with van der Waals surface area (Å²) in [6.07, 6.45) is 3.73. The first-order chi connectivity index (χ1) is 15.9. The number of aldehydes is 3. The highest BCUT2D eigenvalue weighted by molar-refractivity contribution is 7.38. The Kier molecular flexibility index (Phi) is 31.3. The second kappa shape index (κ2) is 29.5. The fraction of sp³-hybridized carbons (Fsp3) is 0.500. The fourth-order valence-electron chi connectivity index (χ4n) is 1.80. The van der Waals surface area contributed by atoms with Crippen LogP contribution in [0.15, 0.2) is 30.3 Å². The van der Waals surface area contributed by atoms with Crippen LogP contribution in [0.25, 0.3) is 0 Å².